The van der Waals surface area contributed by atoms with Gasteiger partial charge in [0.15, 0.2) is 5.58 Å². The van der Waals surface area contributed by atoms with E-state index in [-0.39, 0.29) is 10.8 Å². The monoisotopic (exact) mass is 406 g/mol. The lowest BCUT2D eigenvalue weighted by molar-refractivity contribution is 0.430. The van der Waals surface area contributed by atoms with Crippen LogP contribution < -0.4 is 4.72 Å². The second-order valence-corrected chi connectivity index (χ2v) is 7.69. The maximum atomic E-state index is 12.8. The van der Waals surface area contributed by atoms with Crippen LogP contribution in [0.5, 0.6) is 0 Å². The van der Waals surface area contributed by atoms with Gasteiger partial charge >= 0.3 is 0 Å². The van der Waals surface area contributed by atoms with Crippen LogP contribution in [-0.2, 0) is 10.0 Å². The Kier molecular flexibility index (Phi) is 3.40. The average molecular weight is 407 g/mol. The number of nitrogens with one attached hydrogen (secondary N) is 1. The summed E-state index contributed by atoms with van der Waals surface area (Å²) in [7, 11) is -3.90. The molecule has 0 radical (unpaired) electrons. The lowest BCUT2D eigenvalue weighted by Crippen LogP contribution is -2.13. The quantitative estimate of drug-likeness (QED) is 0.543. The van der Waals surface area contributed by atoms with Crippen LogP contribution in [0, 0.1) is 6.92 Å². The maximum absolute atomic E-state index is 12.8. The number of halogens is 1. The molecule has 6 nitrogen and oxygen atoms in total. The predicted octanol–water partition coefficient (Wildman–Crippen LogP) is 4.45. The molecule has 0 saturated heterocycles. The number of aromatic nitrogens is 1. The molecule has 8 heteroatoms. The van der Waals surface area contributed by atoms with Crippen molar-refractivity contribution in [1.29, 1.82) is 0 Å². The van der Waals surface area contributed by atoms with E-state index < -0.39 is 10.0 Å². The molecule has 0 aliphatic heterocycles. The summed E-state index contributed by atoms with van der Waals surface area (Å²) < 4.78 is 39.2. The van der Waals surface area contributed by atoms with Gasteiger partial charge in [-0.2, -0.15) is 0 Å². The fraction of sp³-hybridized carbons (Fsp3) is 0.0625. The van der Waals surface area contributed by atoms with Gasteiger partial charge in [0, 0.05) is 10.8 Å². The SMILES string of the molecule is Cc1noc(NS(=O)(=O)c2cccc3c2oc2ccccc23)c1Br. The molecule has 2 aromatic heterocycles. The zero-order valence-corrected chi connectivity index (χ0v) is 14.8. The highest BCUT2D eigenvalue weighted by atomic mass is 79.9. The largest absolute Gasteiger partial charge is 0.455 e. The van der Waals surface area contributed by atoms with Crippen molar-refractivity contribution in [2.75, 3.05) is 4.72 Å². The molecule has 1 N–H and O–H groups in total. The Bertz CT molecular complexity index is 1180. The van der Waals surface area contributed by atoms with Crippen LogP contribution in [0.2, 0.25) is 0 Å². The molecule has 24 heavy (non-hydrogen) atoms. The predicted molar refractivity (Wildman–Crippen MR) is 93.5 cm³/mol. The first kappa shape index (κ1) is 15.2. The van der Waals surface area contributed by atoms with Gasteiger partial charge in [0.05, 0.1) is 5.69 Å². The van der Waals surface area contributed by atoms with E-state index in [1.165, 1.54) is 6.07 Å². The highest BCUT2D eigenvalue weighted by Crippen LogP contribution is 2.34. The van der Waals surface area contributed by atoms with Crippen molar-refractivity contribution in [3.63, 3.8) is 0 Å². The zero-order valence-electron chi connectivity index (χ0n) is 12.4. The third-order valence-electron chi connectivity index (χ3n) is 3.68. The van der Waals surface area contributed by atoms with Crippen LogP contribution >= 0.6 is 15.9 Å². The molecule has 2 aromatic carbocycles. The van der Waals surface area contributed by atoms with Crippen molar-refractivity contribution in [1.82, 2.24) is 5.16 Å². The first-order valence-corrected chi connectivity index (χ1v) is 9.30. The van der Waals surface area contributed by atoms with Gasteiger partial charge < -0.3 is 8.94 Å². The molecular weight excluding hydrogens is 396 g/mol. The molecule has 0 saturated carbocycles. The van der Waals surface area contributed by atoms with E-state index >= 15 is 0 Å². The van der Waals surface area contributed by atoms with Gasteiger partial charge in [-0.25, -0.2) is 13.1 Å². The fourth-order valence-electron chi connectivity index (χ4n) is 2.53. The number of nitrogens with zero attached hydrogens (tertiary/aromatic N) is 1. The summed E-state index contributed by atoms with van der Waals surface area (Å²) in [5.74, 6) is 0.0283. The highest BCUT2D eigenvalue weighted by Gasteiger charge is 2.24. The molecule has 0 aliphatic rings. The molecule has 4 rings (SSSR count). The van der Waals surface area contributed by atoms with Crippen LogP contribution in [-0.4, -0.2) is 13.6 Å². The van der Waals surface area contributed by atoms with Crippen LogP contribution in [0.25, 0.3) is 21.9 Å². The number of sulfonamides is 1. The Morgan fingerprint density at radius 3 is 2.58 bits per heavy atom. The first-order valence-electron chi connectivity index (χ1n) is 7.02. The zero-order chi connectivity index (χ0) is 16.9. The van der Waals surface area contributed by atoms with E-state index in [2.05, 4.69) is 25.8 Å². The molecule has 0 spiro atoms. The van der Waals surface area contributed by atoms with Crippen LogP contribution in [0.3, 0.4) is 0 Å². The van der Waals surface area contributed by atoms with Crippen LogP contribution in [0.4, 0.5) is 5.88 Å². The minimum absolute atomic E-state index is 0.0283. The third kappa shape index (κ3) is 2.30. The Balaban J connectivity index is 1.90. The van der Waals surface area contributed by atoms with E-state index in [4.69, 9.17) is 8.94 Å². The Morgan fingerprint density at radius 2 is 1.83 bits per heavy atom. The van der Waals surface area contributed by atoms with E-state index in [1.807, 2.05) is 24.3 Å². The molecule has 0 bridgehead atoms. The molecule has 122 valence electrons. The molecule has 0 aliphatic carbocycles. The summed E-state index contributed by atoms with van der Waals surface area (Å²) in [4.78, 5) is 0.0390. The summed E-state index contributed by atoms with van der Waals surface area (Å²) in [5, 5.41) is 5.32. The summed E-state index contributed by atoms with van der Waals surface area (Å²) in [6, 6.07) is 12.4. The second-order valence-electron chi connectivity index (χ2n) is 5.25. The van der Waals surface area contributed by atoms with Gasteiger partial charge in [0.1, 0.15) is 15.0 Å². The minimum atomic E-state index is -3.90. The van der Waals surface area contributed by atoms with Gasteiger partial charge in [-0.1, -0.05) is 35.5 Å². The summed E-state index contributed by atoms with van der Waals surface area (Å²) in [6.45, 7) is 1.70. The van der Waals surface area contributed by atoms with Gasteiger partial charge in [-0.15, -0.1) is 0 Å². The number of rotatable bonds is 3. The van der Waals surface area contributed by atoms with Gasteiger partial charge in [0.25, 0.3) is 15.9 Å². The van der Waals surface area contributed by atoms with Crippen molar-refractivity contribution < 1.29 is 17.4 Å². The molecule has 4 aromatic rings. The fourth-order valence-corrected chi connectivity index (χ4v) is 4.05. The molecule has 0 unspecified atom stereocenters. The lowest BCUT2D eigenvalue weighted by Gasteiger charge is -2.05. The molecule has 0 amide bonds. The number of aryl methyl sites for hydroxylation is 1. The van der Waals surface area contributed by atoms with Crippen LogP contribution in [0.1, 0.15) is 5.69 Å². The van der Waals surface area contributed by atoms with Gasteiger partial charge in [-0.3, -0.25) is 0 Å². The summed E-state index contributed by atoms with van der Waals surface area (Å²) in [6.07, 6.45) is 0. The summed E-state index contributed by atoms with van der Waals surface area (Å²) in [5.41, 5.74) is 1.49. The Hall–Kier alpha value is -2.32. The van der Waals surface area contributed by atoms with E-state index in [9.17, 15) is 8.42 Å². The molecule has 0 atom stereocenters. The van der Waals surface area contributed by atoms with Crippen molar-refractivity contribution in [3.05, 3.63) is 52.6 Å². The number of benzene rings is 2. The molecular formula is C16H11BrN2O4S. The number of anilines is 1. The van der Waals surface area contributed by atoms with Gasteiger partial charge in [0.2, 0.25) is 0 Å². The first-order chi connectivity index (χ1) is 11.5. The number of hydrogen-bond acceptors (Lipinski definition) is 5. The topological polar surface area (TPSA) is 85.3 Å². The summed E-state index contributed by atoms with van der Waals surface area (Å²) >= 11 is 3.25. The van der Waals surface area contributed by atoms with E-state index in [0.29, 0.717) is 21.3 Å². The average Bonchev–Trinajstić information content (AvgIpc) is 3.09. The highest BCUT2D eigenvalue weighted by molar-refractivity contribution is 9.10. The standard InChI is InChI=1S/C16H11BrN2O4S/c1-9-14(17)16(23-18-9)19-24(20,21)13-8-4-6-11-10-5-2-3-7-12(10)22-15(11)13/h2-8,19H,1H3. The third-order valence-corrected chi connectivity index (χ3v) is 5.96. The van der Waals surface area contributed by atoms with Gasteiger partial charge in [-0.05, 0) is 35.0 Å². The van der Waals surface area contributed by atoms with E-state index in [1.54, 1.807) is 19.1 Å². The Morgan fingerprint density at radius 1 is 1.08 bits per heavy atom. The number of hydrogen-bond donors (Lipinski definition) is 1. The molecule has 0 fully saturated rings. The normalized spacial score (nSPS) is 12.1. The minimum Gasteiger partial charge on any atom is -0.455 e. The molecule has 2 heterocycles. The number of para-hydroxylation sites is 2. The number of fused-ring (bicyclic) bond motifs is 3. The number of furan rings is 1. The van der Waals surface area contributed by atoms with E-state index in [0.717, 1.165) is 10.8 Å². The van der Waals surface area contributed by atoms with Crippen molar-refractivity contribution in [2.45, 2.75) is 11.8 Å². The second kappa shape index (κ2) is 5.35. The Labute approximate surface area is 145 Å². The van der Waals surface area contributed by atoms with Crippen molar-refractivity contribution in [3.8, 4) is 0 Å². The maximum Gasteiger partial charge on any atom is 0.268 e. The lowest BCUT2D eigenvalue weighted by atomic mass is 10.1. The van der Waals surface area contributed by atoms with Crippen molar-refractivity contribution in [2.24, 2.45) is 0 Å². The van der Waals surface area contributed by atoms with Crippen molar-refractivity contribution >= 4 is 53.8 Å². The van der Waals surface area contributed by atoms with Crippen LogP contribution in [0.15, 0.2) is 60.8 Å². The smallest absolute Gasteiger partial charge is 0.268 e.